The molecule has 0 aliphatic carbocycles. The largest absolute Gasteiger partial charge is 0.265 e. The van der Waals surface area contributed by atoms with Gasteiger partial charge in [-0.25, -0.2) is 4.39 Å². The van der Waals surface area contributed by atoms with Crippen LogP contribution in [-0.2, 0) is 7.05 Å². The maximum absolute atomic E-state index is 14.1. The van der Waals surface area contributed by atoms with Crippen LogP contribution in [0.1, 0.15) is 5.56 Å². The first-order chi connectivity index (χ1) is 9.11. The number of hydrogen-bond donors (Lipinski definition) is 0. The molecule has 2 heterocycles. The minimum Gasteiger partial charge on any atom is -0.265 e. The number of aryl methyl sites for hydroxylation is 2. The first-order valence-corrected chi connectivity index (χ1v) is 7.97. The van der Waals surface area contributed by atoms with E-state index in [1.54, 1.807) is 29.2 Å². The Morgan fingerprint density at radius 3 is 2.79 bits per heavy atom. The van der Waals surface area contributed by atoms with Gasteiger partial charge in [-0.05, 0) is 24.8 Å². The van der Waals surface area contributed by atoms with Gasteiger partial charge in [-0.1, -0.05) is 12.1 Å². The minimum absolute atomic E-state index is 0.174. The van der Waals surface area contributed by atoms with E-state index in [4.69, 9.17) is 0 Å². The number of benzene rings is 1. The zero-order chi connectivity index (χ0) is 13.6. The summed E-state index contributed by atoms with van der Waals surface area (Å²) in [6, 6.07) is 5.36. The van der Waals surface area contributed by atoms with Crippen molar-refractivity contribution in [2.75, 3.05) is 6.26 Å². The Balaban J connectivity index is 2.28. The van der Waals surface area contributed by atoms with Crippen molar-refractivity contribution in [2.45, 2.75) is 11.9 Å². The number of rotatable bonds is 2. The molecule has 0 radical (unpaired) electrons. The summed E-state index contributed by atoms with van der Waals surface area (Å²) in [5, 5.41) is 7.48. The normalized spacial score (nSPS) is 11.4. The lowest BCUT2D eigenvalue weighted by molar-refractivity contribution is 0.630. The molecule has 0 N–H and O–H groups in total. The molecule has 3 aromatic rings. The van der Waals surface area contributed by atoms with E-state index in [-0.39, 0.29) is 5.82 Å². The fraction of sp³-hybridized carbons (Fsp3) is 0.214. The van der Waals surface area contributed by atoms with Crippen molar-refractivity contribution in [3.63, 3.8) is 0 Å². The van der Waals surface area contributed by atoms with E-state index in [9.17, 15) is 4.39 Å². The van der Waals surface area contributed by atoms with Gasteiger partial charge < -0.3 is 0 Å². The molecule has 0 spiro atoms. The lowest BCUT2D eigenvalue weighted by atomic mass is 10.1. The number of thioether (sulfide) groups is 1. The summed E-state index contributed by atoms with van der Waals surface area (Å²) in [5.41, 5.74) is 3.51. The summed E-state index contributed by atoms with van der Waals surface area (Å²) >= 11 is 3.24. The van der Waals surface area contributed by atoms with Crippen molar-refractivity contribution < 1.29 is 4.39 Å². The van der Waals surface area contributed by atoms with Crippen molar-refractivity contribution in [1.82, 2.24) is 9.78 Å². The molecule has 0 fully saturated rings. The second kappa shape index (κ2) is 4.65. The van der Waals surface area contributed by atoms with E-state index in [2.05, 4.69) is 5.10 Å². The monoisotopic (exact) mass is 292 g/mol. The highest BCUT2D eigenvalue weighted by Crippen LogP contribution is 2.39. The van der Waals surface area contributed by atoms with Crippen LogP contribution in [0.5, 0.6) is 0 Å². The molecule has 1 aromatic carbocycles. The number of hydrogen-bond acceptors (Lipinski definition) is 3. The smallest absolute Gasteiger partial charge is 0.136 e. The molecule has 0 saturated carbocycles. The van der Waals surface area contributed by atoms with Crippen LogP contribution in [0.25, 0.3) is 21.3 Å². The third-order valence-corrected chi connectivity index (χ3v) is 4.91. The maximum atomic E-state index is 14.1. The van der Waals surface area contributed by atoms with Gasteiger partial charge in [-0.3, -0.25) is 4.68 Å². The third kappa shape index (κ3) is 1.97. The summed E-state index contributed by atoms with van der Waals surface area (Å²) in [4.78, 5) is 0. The SMILES string of the molecule is CSc1nn(C)c2c(-c3ccc(C)cc3F)csc12. The van der Waals surface area contributed by atoms with Gasteiger partial charge in [0.05, 0.1) is 10.2 Å². The van der Waals surface area contributed by atoms with Crippen molar-refractivity contribution in [3.05, 3.63) is 35.0 Å². The fourth-order valence-corrected chi connectivity index (χ4v) is 4.07. The molecule has 0 amide bonds. The Bertz CT molecular complexity index is 758. The zero-order valence-corrected chi connectivity index (χ0v) is 12.5. The molecule has 0 bridgehead atoms. The van der Waals surface area contributed by atoms with Gasteiger partial charge in [0.25, 0.3) is 0 Å². The summed E-state index contributed by atoms with van der Waals surface area (Å²) < 4.78 is 17.1. The molecule has 2 aromatic heterocycles. The lowest BCUT2D eigenvalue weighted by Crippen LogP contribution is -1.92. The predicted molar refractivity (Wildman–Crippen MR) is 80.5 cm³/mol. The van der Waals surface area contributed by atoms with Crippen molar-refractivity contribution >= 4 is 33.3 Å². The average molecular weight is 292 g/mol. The van der Waals surface area contributed by atoms with Crippen LogP contribution in [0.2, 0.25) is 0 Å². The maximum Gasteiger partial charge on any atom is 0.136 e. The van der Waals surface area contributed by atoms with Crippen molar-refractivity contribution in [3.8, 4) is 11.1 Å². The Kier molecular flexibility index (Phi) is 3.11. The van der Waals surface area contributed by atoms with Crippen LogP contribution in [0.15, 0.2) is 28.6 Å². The highest BCUT2D eigenvalue weighted by Gasteiger charge is 2.17. The van der Waals surface area contributed by atoms with E-state index in [0.717, 1.165) is 26.4 Å². The second-order valence-electron chi connectivity index (χ2n) is 4.44. The van der Waals surface area contributed by atoms with E-state index in [0.29, 0.717) is 5.56 Å². The van der Waals surface area contributed by atoms with E-state index in [1.807, 2.05) is 42.4 Å². The Morgan fingerprint density at radius 1 is 1.32 bits per heavy atom. The van der Waals surface area contributed by atoms with Gasteiger partial charge in [0.2, 0.25) is 0 Å². The first kappa shape index (κ1) is 12.7. The van der Waals surface area contributed by atoms with Crippen LogP contribution >= 0.6 is 23.1 Å². The Labute approximate surface area is 119 Å². The third-order valence-electron chi connectivity index (χ3n) is 3.13. The van der Waals surface area contributed by atoms with E-state index in [1.165, 1.54) is 0 Å². The molecule has 3 rings (SSSR count). The first-order valence-electron chi connectivity index (χ1n) is 5.86. The molecule has 0 aliphatic rings. The lowest BCUT2D eigenvalue weighted by Gasteiger charge is -2.03. The molecule has 0 unspecified atom stereocenters. The van der Waals surface area contributed by atoms with Gasteiger partial charge in [0, 0.05) is 23.6 Å². The fourth-order valence-electron chi connectivity index (χ4n) is 2.22. The van der Waals surface area contributed by atoms with Gasteiger partial charge >= 0.3 is 0 Å². The van der Waals surface area contributed by atoms with E-state index >= 15 is 0 Å². The Hall–Kier alpha value is -1.33. The molecule has 0 saturated heterocycles. The molecular formula is C14H13FN2S2. The van der Waals surface area contributed by atoms with Gasteiger partial charge in [-0.15, -0.1) is 23.1 Å². The second-order valence-corrected chi connectivity index (χ2v) is 6.12. The molecule has 5 heteroatoms. The van der Waals surface area contributed by atoms with Crippen LogP contribution in [-0.4, -0.2) is 16.0 Å². The van der Waals surface area contributed by atoms with Crippen LogP contribution in [0.3, 0.4) is 0 Å². The molecule has 98 valence electrons. The molecule has 0 aliphatic heterocycles. The summed E-state index contributed by atoms with van der Waals surface area (Å²) in [5.74, 6) is -0.174. The van der Waals surface area contributed by atoms with Gasteiger partial charge in [-0.2, -0.15) is 5.10 Å². The number of thiophene rings is 1. The van der Waals surface area contributed by atoms with Crippen molar-refractivity contribution in [1.29, 1.82) is 0 Å². The predicted octanol–water partition coefficient (Wildman–Crippen LogP) is 4.47. The molecule has 0 atom stereocenters. The van der Waals surface area contributed by atoms with Gasteiger partial charge in [0.15, 0.2) is 0 Å². The summed E-state index contributed by atoms with van der Waals surface area (Å²) in [6.07, 6.45) is 2.01. The van der Waals surface area contributed by atoms with Gasteiger partial charge in [0.1, 0.15) is 10.8 Å². The standard InChI is InChI=1S/C14H13FN2S2/c1-8-4-5-9(11(15)6-8)10-7-19-13-12(10)17(2)16-14(13)18-3/h4-7H,1-3H3. The molecular weight excluding hydrogens is 279 g/mol. The summed E-state index contributed by atoms with van der Waals surface area (Å²) in [7, 11) is 1.91. The Morgan fingerprint density at radius 2 is 2.11 bits per heavy atom. The molecule has 19 heavy (non-hydrogen) atoms. The van der Waals surface area contributed by atoms with Crippen LogP contribution in [0.4, 0.5) is 4.39 Å². The number of halogens is 1. The summed E-state index contributed by atoms with van der Waals surface area (Å²) in [6.45, 7) is 1.89. The average Bonchev–Trinajstić information content (AvgIpc) is 2.91. The highest BCUT2D eigenvalue weighted by atomic mass is 32.2. The topological polar surface area (TPSA) is 17.8 Å². The van der Waals surface area contributed by atoms with Crippen LogP contribution < -0.4 is 0 Å². The van der Waals surface area contributed by atoms with E-state index < -0.39 is 0 Å². The van der Waals surface area contributed by atoms with Crippen LogP contribution in [0, 0.1) is 12.7 Å². The quantitative estimate of drug-likeness (QED) is 0.648. The van der Waals surface area contributed by atoms with Crippen molar-refractivity contribution in [2.24, 2.45) is 7.05 Å². The number of aromatic nitrogens is 2. The number of nitrogens with zero attached hydrogens (tertiary/aromatic N) is 2. The number of fused-ring (bicyclic) bond motifs is 1. The highest BCUT2D eigenvalue weighted by molar-refractivity contribution is 7.98. The molecule has 2 nitrogen and oxygen atoms in total. The zero-order valence-electron chi connectivity index (χ0n) is 10.9. The minimum atomic E-state index is -0.174.